The maximum Gasteiger partial charge on any atom is 0.192 e. The minimum absolute atomic E-state index is 0.736. The second-order valence-electron chi connectivity index (χ2n) is 7.19. The van der Waals surface area contributed by atoms with Crippen molar-refractivity contribution in [3.63, 3.8) is 0 Å². The lowest BCUT2D eigenvalue weighted by molar-refractivity contribution is -0.103. The van der Waals surface area contributed by atoms with Crippen LogP contribution in [-0.2, 0) is 11.2 Å². The number of anilines is 1. The Labute approximate surface area is 159 Å². The number of hydrogen-bond donors (Lipinski definition) is 0. The summed E-state index contributed by atoms with van der Waals surface area (Å²) in [6, 6.07) is 20.5. The Morgan fingerprint density at radius 3 is 2.38 bits per heavy atom. The highest BCUT2D eigenvalue weighted by atomic mass is 28.3. The van der Waals surface area contributed by atoms with Crippen molar-refractivity contribution in [3.05, 3.63) is 65.7 Å². The van der Waals surface area contributed by atoms with E-state index in [-0.39, 0.29) is 0 Å². The Balaban J connectivity index is 2.20. The topological polar surface area (TPSA) is 20.3 Å². The smallest absolute Gasteiger partial charge is 0.192 e. The third-order valence-corrected chi connectivity index (χ3v) is 8.12. The summed E-state index contributed by atoms with van der Waals surface area (Å²) in [7, 11) is -1.83. The number of aldehydes is 1. The fraction of sp³-hybridized carbons (Fsp3) is 0.348. The van der Waals surface area contributed by atoms with E-state index in [4.69, 9.17) is 0 Å². The molecule has 136 valence electrons. The van der Waals surface area contributed by atoms with Gasteiger partial charge in [0.1, 0.15) is 0 Å². The fourth-order valence-electron chi connectivity index (χ4n) is 3.31. The lowest BCUT2D eigenvalue weighted by Crippen LogP contribution is -2.45. The number of rotatable bonds is 8. The molecule has 0 saturated carbocycles. The predicted molar refractivity (Wildman–Crippen MR) is 114 cm³/mol. The van der Waals surface area contributed by atoms with Crippen molar-refractivity contribution in [2.45, 2.75) is 39.3 Å². The monoisotopic (exact) mass is 363 g/mol. The van der Waals surface area contributed by atoms with Gasteiger partial charge in [-0.25, -0.2) is 0 Å². The van der Waals surface area contributed by atoms with E-state index in [0.29, 0.717) is 0 Å². The van der Waals surface area contributed by atoms with E-state index in [1.807, 2.05) is 0 Å². The first-order valence-electron chi connectivity index (χ1n) is 9.38. The third kappa shape index (κ3) is 6.20. The Morgan fingerprint density at radius 2 is 1.77 bits per heavy atom. The third-order valence-electron chi connectivity index (χ3n) is 4.69. The van der Waals surface area contributed by atoms with E-state index in [1.165, 1.54) is 16.8 Å². The number of carbonyl (C=O) groups excluding carboxylic acids is 1. The van der Waals surface area contributed by atoms with E-state index in [9.17, 15) is 4.79 Å². The maximum atomic E-state index is 10.8. The van der Waals surface area contributed by atoms with Gasteiger partial charge in [-0.1, -0.05) is 67.9 Å². The van der Waals surface area contributed by atoms with Gasteiger partial charge < -0.3 is 4.90 Å². The SMILES string of the molecule is CCC[Si](C)(C#CC=O)CN(CCc1ccc(C)cc1)c1ccccc1. The molecule has 2 nitrogen and oxygen atoms in total. The van der Waals surface area contributed by atoms with Gasteiger partial charge in [-0.3, -0.25) is 4.79 Å². The van der Waals surface area contributed by atoms with Crippen molar-refractivity contribution in [2.75, 3.05) is 17.6 Å². The van der Waals surface area contributed by atoms with Crippen LogP contribution in [0.1, 0.15) is 24.5 Å². The molecule has 0 heterocycles. The molecule has 0 aliphatic carbocycles. The molecule has 3 heteroatoms. The van der Waals surface area contributed by atoms with E-state index >= 15 is 0 Å². The molecule has 0 aliphatic rings. The van der Waals surface area contributed by atoms with E-state index in [0.717, 1.165) is 37.9 Å². The Bertz CT molecular complexity index is 745. The zero-order valence-electron chi connectivity index (χ0n) is 16.2. The number of hydrogen-bond acceptors (Lipinski definition) is 2. The van der Waals surface area contributed by atoms with Gasteiger partial charge in [0.2, 0.25) is 0 Å². The summed E-state index contributed by atoms with van der Waals surface area (Å²) in [5, 5.41) is 0. The largest absolute Gasteiger partial charge is 0.373 e. The van der Waals surface area contributed by atoms with Crippen LogP contribution in [0, 0.1) is 18.4 Å². The van der Waals surface area contributed by atoms with Gasteiger partial charge in [0, 0.05) is 18.4 Å². The van der Waals surface area contributed by atoms with Gasteiger partial charge in [-0.2, -0.15) is 0 Å². The van der Waals surface area contributed by atoms with Gasteiger partial charge >= 0.3 is 0 Å². The van der Waals surface area contributed by atoms with Crippen LogP contribution < -0.4 is 4.90 Å². The van der Waals surface area contributed by atoms with Gasteiger partial charge in [0.15, 0.2) is 14.4 Å². The fourth-order valence-corrected chi connectivity index (χ4v) is 6.37. The molecule has 0 amide bonds. The number of nitrogens with zero attached hydrogens (tertiary/aromatic N) is 1. The summed E-state index contributed by atoms with van der Waals surface area (Å²) in [6.07, 6.45) is 3.81. The first-order valence-corrected chi connectivity index (χ1v) is 12.3. The van der Waals surface area contributed by atoms with Gasteiger partial charge in [0.05, 0.1) is 0 Å². The second kappa shape index (κ2) is 9.99. The molecule has 0 bridgehead atoms. The van der Waals surface area contributed by atoms with Crippen LogP contribution in [0.2, 0.25) is 12.6 Å². The number of aryl methyl sites for hydroxylation is 1. The molecular formula is C23H29NOSi. The van der Waals surface area contributed by atoms with Gasteiger partial charge in [0.25, 0.3) is 0 Å². The van der Waals surface area contributed by atoms with Crippen LogP contribution in [0.5, 0.6) is 0 Å². The van der Waals surface area contributed by atoms with Crippen LogP contribution in [0.25, 0.3) is 0 Å². The number of benzene rings is 2. The van der Waals surface area contributed by atoms with Crippen LogP contribution >= 0.6 is 0 Å². The highest BCUT2D eigenvalue weighted by molar-refractivity contribution is 6.86. The second-order valence-corrected chi connectivity index (χ2v) is 11.4. The summed E-state index contributed by atoms with van der Waals surface area (Å²) in [5.41, 5.74) is 7.22. The molecule has 1 unspecified atom stereocenters. The molecule has 0 saturated heterocycles. The summed E-state index contributed by atoms with van der Waals surface area (Å²) in [5.74, 6) is 2.72. The zero-order valence-corrected chi connectivity index (χ0v) is 17.2. The lowest BCUT2D eigenvalue weighted by Gasteiger charge is -2.32. The number of para-hydroxylation sites is 1. The standard InChI is InChI=1S/C23H29NOSi/c1-4-18-26(3,19-8-17-25)20-24(23-9-6-5-7-10-23)16-15-22-13-11-21(2)12-14-22/h5-7,9-14,17H,4,15-16,18,20H2,1-3H3. The molecule has 0 N–H and O–H groups in total. The first kappa shape index (κ1) is 20.0. The zero-order chi connectivity index (χ0) is 18.8. The highest BCUT2D eigenvalue weighted by Gasteiger charge is 2.27. The molecule has 0 aromatic heterocycles. The maximum absolute atomic E-state index is 10.8. The molecule has 2 rings (SSSR count). The van der Waals surface area contributed by atoms with Crippen molar-refractivity contribution in [3.8, 4) is 11.5 Å². The molecular weight excluding hydrogens is 334 g/mol. The molecule has 0 fully saturated rings. The van der Waals surface area contributed by atoms with Crippen molar-refractivity contribution in [1.29, 1.82) is 0 Å². The van der Waals surface area contributed by atoms with Gasteiger partial charge in [-0.05, 0) is 43.0 Å². The summed E-state index contributed by atoms with van der Waals surface area (Å²) in [6.45, 7) is 7.58. The minimum atomic E-state index is -1.83. The summed E-state index contributed by atoms with van der Waals surface area (Å²) in [4.78, 5) is 13.2. The first-order chi connectivity index (χ1) is 12.6. The van der Waals surface area contributed by atoms with Crippen LogP contribution in [0.3, 0.4) is 0 Å². The predicted octanol–water partition coefficient (Wildman–Crippen LogP) is 4.81. The quantitative estimate of drug-likeness (QED) is 0.381. The molecule has 0 spiro atoms. The Hall–Kier alpha value is -2.31. The summed E-state index contributed by atoms with van der Waals surface area (Å²) >= 11 is 0. The molecule has 0 radical (unpaired) electrons. The Morgan fingerprint density at radius 1 is 1.08 bits per heavy atom. The summed E-state index contributed by atoms with van der Waals surface area (Å²) < 4.78 is 0. The van der Waals surface area contributed by atoms with Crippen LogP contribution in [-0.4, -0.2) is 27.1 Å². The van der Waals surface area contributed by atoms with E-state index in [1.54, 1.807) is 0 Å². The average molecular weight is 364 g/mol. The molecule has 2 aromatic rings. The Kier molecular flexibility index (Phi) is 7.68. The van der Waals surface area contributed by atoms with Crippen molar-refractivity contribution >= 4 is 20.0 Å². The normalized spacial score (nSPS) is 12.6. The minimum Gasteiger partial charge on any atom is -0.373 e. The van der Waals surface area contributed by atoms with Crippen LogP contribution in [0.4, 0.5) is 5.69 Å². The highest BCUT2D eigenvalue weighted by Crippen LogP contribution is 2.20. The van der Waals surface area contributed by atoms with Crippen molar-refractivity contribution in [2.24, 2.45) is 0 Å². The van der Waals surface area contributed by atoms with Crippen molar-refractivity contribution in [1.82, 2.24) is 0 Å². The number of carbonyl (C=O) groups is 1. The van der Waals surface area contributed by atoms with E-state index in [2.05, 4.69) is 91.4 Å². The molecule has 26 heavy (non-hydrogen) atoms. The van der Waals surface area contributed by atoms with Crippen LogP contribution in [0.15, 0.2) is 54.6 Å². The average Bonchev–Trinajstić information content (AvgIpc) is 2.66. The molecule has 0 aliphatic heterocycles. The molecule has 2 aromatic carbocycles. The molecule has 1 atom stereocenters. The lowest BCUT2D eigenvalue weighted by atomic mass is 10.1. The van der Waals surface area contributed by atoms with Gasteiger partial charge in [-0.15, -0.1) is 5.54 Å². The van der Waals surface area contributed by atoms with E-state index < -0.39 is 8.07 Å². The van der Waals surface area contributed by atoms with Crippen molar-refractivity contribution < 1.29 is 4.79 Å².